The van der Waals surface area contributed by atoms with Gasteiger partial charge in [0.05, 0.1) is 18.3 Å². The van der Waals surface area contributed by atoms with Crippen molar-refractivity contribution in [3.05, 3.63) is 52.9 Å². The number of carbonyl (C=O) groups is 1. The van der Waals surface area contributed by atoms with E-state index in [-0.39, 0.29) is 23.0 Å². The van der Waals surface area contributed by atoms with Crippen LogP contribution < -0.4 is 10.6 Å². The molecule has 29 heavy (non-hydrogen) atoms. The van der Waals surface area contributed by atoms with Gasteiger partial charge in [-0.3, -0.25) is 9.78 Å². The number of benzene rings is 1. The molecule has 1 aliphatic rings. The number of nitrogens with zero attached hydrogens (tertiary/aromatic N) is 1. The van der Waals surface area contributed by atoms with E-state index in [1.165, 1.54) is 7.05 Å². The van der Waals surface area contributed by atoms with Gasteiger partial charge in [0, 0.05) is 61.0 Å². The Morgan fingerprint density at radius 3 is 2.72 bits per heavy atom. The molecule has 0 aliphatic carbocycles. The largest absolute Gasteiger partial charge is 0.455 e. The van der Waals surface area contributed by atoms with Crippen LogP contribution in [0.4, 0.5) is 8.78 Å². The van der Waals surface area contributed by atoms with E-state index in [1.807, 2.05) is 6.92 Å². The number of hydrogen-bond donors (Lipinski definition) is 2. The average Bonchev–Trinajstić information content (AvgIpc) is 3.04. The number of nitrogens with one attached hydrogen (secondary N) is 2. The van der Waals surface area contributed by atoms with Crippen molar-refractivity contribution in [2.75, 3.05) is 26.7 Å². The number of aryl methyl sites for hydroxylation is 1. The molecule has 1 saturated heterocycles. The fourth-order valence-electron chi connectivity index (χ4n) is 3.59. The van der Waals surface area contributed by atoms with Gasteiger partial charge in [0.25, 0.3) is 5.91 Å². The number of ether oxygens (including phenoxy) is 1. The molecule has 152 valence electrons. The minimum Gasteiger partial charge on any atom is -0.455 e. The second-order valence-electron chi connectivity index (χ2n) is 7.03. The van der Waals surface area contributed by atoms with E-state index in [0.717, 1.165) is 24.4 Å². The molecule has 0 saturated carbocycles. The van der Waals surface area contributed by atoms with Crippen molar-refractivity contribution >= 4 is 16.9 Å². The van der Waals surface area contributed by atoms with Crippen LogP contribution in [0.15, 0.2) is 28.8 Å². The normalized spacial score (nSPS) is 16.9. The lowest BCUT2D eigenvalue weighted by molar-refractivity contribution is 0.0294. The highest BCUT2D eigenvalue weighted by Gasteiger charge is 2.26. The number of amides is 1. The van der Waals surface area contributed by atoms with Gasteiger partial charge >= 0.3 is 0 Å². The highest BCUT2D eigenvalue weighted by molar-refractivity contribution is 5.95. The summed E-state index contributed by atoms with van der Waals surface area (Å²) in [6.45, 7) is 3.78. The lowest BCUT2D eigenvalue weighted by atomic mass is 9.98. The maximum Gasteiger partial charge on any atom is 0.251 e. The Kier molecular flexibility index (Phi) is 5.29. The van der Waals surface area contributed by atoms with Gasteiger partial charge in [0.2, 0.25) is 0 Å². The zero-order valence-corrected chi connectivity index (χ0v) is 16.1. The maximum absolute atomic E-state index is 14.9. The molecule has 1 amide bonds. The first-order chi connectivity index (χ1) is 14.0. The Balaban J connectivity index is 1.86. The zero-order chi connectivity index (χ0) is 20.5. The number of hydrogen-bond acceptors (Lipinski definition) is 5. The molecule has 1 aliphatic heterocycles. The predicted molar refractivity (Wildman–Crippen MR) is 104 cm³/mol. The van der Waals surface area contributed by atoms with Crippen molar-refractivity contribution in [1.29, 1.82) is 0 Å². The molecule has 3 heterocycles. The molecule has 0 radical (unpaired) electrons. The number of carbonyl (C=O) groups excluding carboxylic acids is 1. The van der Waals surface area contributed by atoms with Crippen LogP contribution in [0.2, 0.25) is 0 Å². The van der Waals surface area contributed by atoms with Gasteiger partial charge in [0.1, 0.15) is 23.0 Å². The second kappa shape index (κ2) is 7.88. The summed E-state index contributed by atoms with van der Waals surface area (Å²) in [5, 5.41) is 6.30. The smallest absolute Gasteiger partial charge is 0.251 e. The van der Waals surface area contributed by atoms with E-state index in [0.29, 0.717) is 36.1 Å². The number of rotatable bonds is 4. The van der Waals surface area contributed by atoms with Crippen LogP contribution in [0, 0.1) is 18.6 Å². The summed E-state index contributed by atoms with van der Waals surface area (Å²) < 4.78 is 41.5. The van der Waals surface area contributed by atoms with Crippen molar-refractivity contribution in [1.82, 2.24) is 15.6 Å². The number of halogens is 2. The topological polar surface area (TPSA) is 76.4 Å². The van der Waals surface area contributed by atoms with Gasteiger partial charge in [-0.05, 0) is 19.1 Å². The zero-order valence-electron chi connectivity index (χ0n) is 16.1. The van der Waals surface area contributed by atoms with Crippen molar-refractivity contribution in [2.24, 2.45) is 0 Å². The monoisotopic (exact) mass is 401 g/mol. The Hall–Kier alpha value is -2.84. The molecular formula is C21H21F2N3O3. The number of pyridine rings is 1. The van der Waals surface area contributed by atoms with Gasteiger partial charge in [0.15, 0.2) is 0 Å². The minimum absolute atomic E-state index is 0.0961. The Morgan fingerprint density at radius 1 is 1.31 bits per heavy atom. The van der Waals surface area contributed by atoms with Gasteiger partial charge < -0.3 is 19.8 Å². The third kappa shape index (κ3) is 3.73. The molecule has 1 atom stereocenters. The van der Waals surface area contributed by atoms with Crippen LogP contribution in [0.25, 0.3) is 22.3 Å². The summed E-state index contributed by atoms with van der Waals surface area (Å²) in [5.41, 5.74) is 1.47. The number of aromatic nitrogens is 1. The van der Waals surface area contributed by atoms with Crippen molar-refractivity contribution in [3.63, 3.8) is 0 Å². The molecule has 0 spiro atoms. The summed E-state index contributed by atoms with van der Waals surface area (Å²) >= 11 is 0. The number of morpholine rings is 1. The molecule has 1 aromatic carbocycles. The number of furan rings is 1. The first-order valence-corrected chi connectivity index (χ1v) is 9.39. The van der Waals surface area contributed by atoms with E-state index in [2.05, 4.69) is 15.6 Å². The summed E-state index contributed by atoms with van der Waals surface area (Å²) in [4.78, 5) is 16.1. The lowest BCUT2D eigenvalue weighted by Gasteiger charge is -2.23. The van der Waals surface area contributed by atoms with E-state index in [4.69, 9.17) is 9.15 Å². The molecule has 6 nitrogen and oxygen atoms in total. The van der Waals surface area contributed by atoms with Crippen molar-refractivity contribution < 1.29 is 22.7 Å². The molecule has 2 N–H and O–H groups in total. The highest BCUT2D eigenvalue weighted by Crippen LogP contribution is 2.38. The minimum atomic E-state index is -0.865. The predicted octanol–water partition coefficient (Wildman–Crippen LogP) is 2.97. The van der Waals surface area contributed by atoms with Gasteiger partial charge in [-0.2, -0.15) is 0 Å². The fraction of sp³-hybridized carbons (Fsp3) is 0.333. The number of fused-ring (bicyclic) bond motifs is 1. The van der Waals surface area contributed by atoms with Crippen LogP contribution >= 0.6 is 0 Å². The van der Waals surface area contributed by atoms with Crippen LogP contribution in [0.3, 0.4) is 0 Å². The maximum atomic E-state index is 14.9. The Morgan fingerprint density at radius 2 is 2.07 bits per heavy atom. The summed E-state index contributed by atoms with van der Waals surface area (Å²) in [5.74, 6) is -2.20. The molecule has 4 rings (SSSR count). The molecule has 3 aromatic rings. The summed E-state index contributed by atoms with van der Waals surface area (Å²) in [6.07, 6.45) is 1.91. The third-order valence-corrected chi connectivity index (χ3v) is 5.01. The quantitative estimate of drug-likeness (QED) is 0.703. The summed E-state index contributed by atoms with van der Waals surface area (Å²) in [6, 6.07) is 3.75. The van der Waals surface area contributed by atoms with E-state index >= 15 is 0 Å². The molecule has 2 aromatic heterocycles. The standard InChI is InChI=1S/C21H21F2N3O3/c1-11-5-18-15(10-26-11)14(8-13-9-25-3-4-28-13)20(29-18)19-16(22)6-12(7-17(19)23)21(27)24-2/h5-7,10,13,25H,3-4,8-9H2,1-2H3,(H,24,27)/t13-/m0/s1. The van der Waals surface area contributed by atoms with E-state index < -0.39 is 17.5 Å². The van der Waals surface area contributed by atoms with Gasteiger partial charge in [-0.1, -0.05) is 0 Å². The molecule has 8 heteroatoms. The third-order valence-electron chi connectivity index (χ3n) is 5.01. The molecule has 1 fully saturated rings. The van der Waals surface area contributed by atoms with Gasteiger partial charge in [-0.15, -0.1) is 0 Å². The molecular weight excluding hydrogens is 380 g/mol. The molecule has 0 unspecified atom stereocenters. The van der Waals surface area contributed by atoms with Crippen LogP contribution in [0.5, 0.6) is 0 Å². The summed E-state index contributed by atoms with van der Waals surface area (Å²) in [7, 11) is 1.40. The SMILES string of the molecule is CNC(=O)c1cc(F)c(-c2oc3cc(C)ncc3c2C[C@H]2CNCCO2)c(F)c1. The van der Waals surface area contributed by atoms with Crippen LogP contribution in [-0.4, -0.2) is 43.7 Å². The Bertz CT molecular complexity index is 1050. The fourth-order valence-corrected chi connectivity index (χ4v) is 3.59. The average molecular weight is 401 g/mol. The lowest BCUT2D eigenvalue weighted by Crippen LogP contribution is -2.39. The first kappa shape index (κ1) is 19.5. The van der Waals surface area contributed by atoms with E-state index in [1.54, 1.807) is 12.3 Å². The van der Waals surface area contributed by atoms with Crippen LogP contribution in [0.1, 0.15) is 21.6 Å². The second-order valence-corrected chi connectivity index (χ2v) is 7.03. The van der Waals surface area contributed by atoms with Crippen LogP contribution in [-0.2, 0) is 11.2 Å². The van der Waals surface area contributed by atoms with Gasteiger partial charge in [-0.25, -0.2) is 8.78 Å². The van der Waals surface area contributed by atoms with Crippen molar-refractivity contribution in [3.8, 4) is 11.3 Å². The highest BCUT2D eigenvalue weighted by atomic mass is 19.1. The van der Waals surface area contributed by atoms with Crippen molar-refractivity contribution in [2.45, 2.75) is 19.4 Å². The van der Waals surface area contributed by atoms with E-state index in [9.17, 15) is 13.6 Å². The first-order valence-electron chi connectivity index (χ1n) is 9.39. The Labute approximate surface area is 166 Å². The molecule has 0 bridgehead atoms.